The Morgan fingerprint density at radius 3 is 2.53 bits per heavy atom. The van der Waals surface area contributed by atoms with Gasteiger partial charge in [0.2, 0.25) is 0 Å². The molecule has 1 N–H and O–H groups in total. The van der Waals surface area contributed by atoms with E-state index in [2.05, 4.69) is 42.8 Å². The van der Waals surface area contributed by atoms with Gasteiger partial charge in [-0.1, -0.05) is 31.9 Å². The topological polar surface area (TPSA) is 12.0 Å². The summed E-state index contributed by atoms with van der Waals surface area (Å²) in [6.07, 6.45) is 7.73. The van der Waals surface area contributed by atoms with Crippen molar-refractivity contribution in [3.8, 4) is 0 Å². The molecule has 1 aliphatic rings. The fraction of sp³-hybridized carbons (Fsp3) is 0.600. The highest BCUT2D eigenvalue weighted by Gasteiger charge is 2.22. The summed E-state index contributed by atoms with van der Waals surface area (Å²) in [5.74, 6) is 1.03. The zero-order chi connectivity index (χ0) is 12.1. The molecular formula is C15H23NS. The summed E-state index contributed by atoms with van der Waals surface area (Å²) in [5, 5.41) is 3.61. The molecule has 1 aliphatic carbocycles. The number of hydrogen-bond acceptors (Lipinski definition) is 2. The van der Waals surface area contributed by atoms with Gasteiger partial charge in [0.05, 0.1) is 0 Å². The van der Waals surface area contributed by atoms with Crippen LogP contribution in [0.4, 0.5) is 0 Å². The predicted octanol–water partition coefficient (Wildman–Crippen LogP) is 4.25. The summed E-state index contributed by atoms with van der Waals surface area (Å²) in [6.45, 7) is 3.25. The van der Waals surface area contributed by atoms with Crippen LogP contribution < -0.4 is 5.32 Å². The molecule has 0 saturated heterocycles. The van der Waals surface area contributed by atoms with E-state index in [1.807, 2.05) is 11.8 Å². The fourth-order valence-electron chi connectivity index (χ4n) is 2.28. The normalized spacial score (nSPS) is 17.1. The van der Waals surface area contributed by atoms with E-state index in [4.69, 9.17) is 0 Å². The van der Waals surface area contributed by atoms with Crippen LogP contribution in [0.1, 0.15) is 44.2 Å². The molecule has 0 aliphatic heterocycles. The Balaban J connectivity index is 1.96. The lowest BCUT2D eigenvalue weighted by atomic mass is 10.0. The number of benzene rings is 1. The summed E-state index contributed by atoms with van der Waals surface area (Å²) < 4.78 is 0. The van der Waals surface area contributed by atoms with Crippen LogP contribution in [0.25, 0.3) is 0 Å². The Morgan fingerprint density at radius 1 is 1.29 bits per heavy atom. The quantitative estimate of drug-likeness (QED) is 0.725. The van der Waals surface area contributed by atoms with Crippen molar-refractivity contribution in [2.24, 2.45) is 5.92 Å². The van der Waals surface area contributed by atoms with E-state index in [0.29, 0.717) is 6.04 Å². The summed E-state index contributed by atoms with van der Waals surface area (Å²) in [4.78, 5) is 1.35. The third-order valence-corrected chi connectivity index (χ3v) is 4.27. The van der Waals surface area contributed by atoms with Crippen molar-refractivity contribution in [3.05, 3.63) is 29.8 Å². The second kappa shape index (κ2) is 6.46. The summed E-state index contributed by atoms with van der Waals surface area (Å²) in [6, 6.07) is 9.60. The first-order valence-corrected chi connectivity index (χ1v) is 7.93. The zero-order valence-electron chi connectivity index (χ0n) is 10.9. The number of rotatable bonds is 7. The van der Waals surface area contributed by atoms with Crippen molar-refractivity contribution in [3.63, 3.8) is 0 Å². The van der Waals surface area contributed by atoms with Gasteiger partial charge in [-0.2, -0.15) is 0 Å². The molecule has 0 bridgehead atoms. The lowest BCUT2D eigenvalue weighted by molar-refractivity contribution is 0.481. The van der Waals surface area contributed by atoms with Crippen molar-refractivity contribution in [1.82, 2.24) is 5.32 Å². The molecular weight excluding hydrogens is 226 g/mol. The maximum atomic E-state index is 3.61. The molecule has 0 heterocycles. The standard InChI is InChI=1S/C15H23NS/c1-3-16-15(11-6-12-4-5-12)13-7-9-14(17-2)10-8-13/h7-10,12,15-16H,3-6,11H2,1-2H3. The van der Waals surface area contributed by atoms with E-state index in [-0.39, 0.29) is 0 Å². The zero-order valence-corrected chi connectivity index (χ0v) is 11.7. The molecule has 17 heavy (non-hydrogen) atoms. The molecule has 0 aromatic heterocycles. The minimum atomic E-state index is 0.552. The molecule has 0 radical (unpaired) electrons. The SMILES string of the molecule is CCNC(CCC1CC1)c1ccc(SC)cc1. The smallest absolute Gasteiger partial charge is 0.0320 e. The number of hydrogen-bond donors (Lipinski definition) is 1. The third-order valence-electron chi connectivity index (χ3n) is 3.53. The third kappa shape index (κ3) is 4.04. The maximum absolute atomic E-state index is 3.61. The van der Waals surface area contributed by atoms with Gasteiger partial charge in [0.1, 0.15) is 0 Å². The van der Waals surface area contributed by atoms with Crippen molar-refractivity contribution in [2.75, 3.05) is 12.8 Å². The van der Waals surface area contributed by atoms with Crippen molar-refractivity contribution >= 4 is 11.8 Å². The molecule has 1 aromatic rings. The van der Waals surface area contributed by atoms with Gasteiger partial charge in [-0.3, -0.25) is 0 Å². The maximum Gasteiger partial charge on any atom is 0.0320 e. The Labute approximate surface area is 109 Å². The molecule has 94 valence electrons. The predicted molar refractivity (Wildman–Crippen MR) is 76.6 cm³/mol. The number of thioether (sulfide) groups is 1. The van der Waals surface area contributed by atoms with Gasteiger partial charge in [-0.15, -0.1) is 11.8 Å². The van der Waals surface area contributed by atoms with E-state index in [1.54, 1.807) is 0 Å². The van der Waals surface area contributed by atoms with Crippen LogP contribution >= 0.6 is 11.8 Å². The molecule has 1 aromatic carbocycles. The van der Waals surface area contributed by atoms with E-state index >= 15 is 0 Å². The van der Waals surface area contributed by atoms with E-state index in [0.717, 1.165) is 12.5 Å². The van der Waals surface area contributed by atoms with Crippen molar-refractivity contribution in [2.45, 2.75) is 43.5 Å². The van der Waals surface area contributed by atoms with Crippen LogP contribution in [0.15, 0.2) is 29.2 Å². The Kier molecular flexibility index (Phi) is 4.93. The van der Waals surface area contributed by atoms with Gasteiger partial charge in [0.25, 0.3) is 0 Å². The minimum Gasteiger partial charge on any atom is -0.310 e. The molecule has 2 heteroatoms. The van der Waals surface area contributed by atoms with Gasteiger partial charge in [-0.25, -0.2) is 0 Å². The van der Waals surface area contributed by atoms with E-state index in [1.165, 1.54) is 36.1 Å². The number of nitrogens with one attached hydrogen (secondary N) is 1. The van der Waals surface area contributed by atoms with Crippen molar-refractivity contribution in [1.29, 1.82) is 0 Å². The van der Waals surface area contributed by atoms with Gasteiger partial charge in [0, 0.05) is 10.9 Å². The first-order valence-electron chi connectivity index (χ1n) is 6.70. The van der Waals surface area contributed by atoms with Crippen molar-refractivity contribution < 1.29 is 0 Å². The highest BCUT2D eigenvalue weighted by Crippen LogP contribution is 2.36. The largest absolute Gasteiger partial charge is 0.310 e. The monoisotopic (exact) mass is 249 g/mol. The summed E-state index contributed by atoms with van der Waals surface area (Å²) in [7, 11) is 0. The van der Waals surface area contributed by atoms with Crippen LogP contribution in [0, 0.1) is 5.92 Å². The van der Waals surface area contributed by atoms with Gasteiger partial charge >= 0.3 is 0 Å². The Morgan fingerprint density at radius 2 is 2.00 bits per heavy atom. The molecule has 0 amide bonds. The fourth-order valence-corrected chi connectivity index (χ4v) is 2.69. The molecule has 1 fully saturated rings. The first kappa shape index (κ1) is 13.0. The average molecular weight is 249 g/mol. The van der Waals surface area contributed by atoms with Crippen LogP contribution in [-0.2, 0) is 0 Å². The minimum absolute atomic E-state index is 0.552. The van der Waals surface area contributed by atoms with Crippen LogP contribution in [-0.4, -0.2) is 12.8 Å². The lowest BCUT2D eigenvalue weighted by Crippen LogP contribution is -2.20. The molecule has 1 saturated carbocycles. The van der Waals surface area contributed by atoms with E-state index < -0.39 is 0 Å². The molecule has 1 atom stereocenters. The second-order valence-electron chi connectivity index (χ2n) is 4.90. The van der Waals surface area contributed by atoms with Crippen LogP contribution in [0.2, 0.25) is 0 Å². The molecule has 0 spiro atoms. The first-order chi connectivity index (χ1) is 8.33. The second-order valence-corrected chi connectivity index (χ2v) is 5.78. The van der Waals surface area contributed by atoms with Gasteiger partial charge < -0.3 is 5.32 Å². The molecule has 1 unspecified atom stereocenters. The van der Waals surface area contributed by atoms with Gasteiger partial charge in [0.15, 0.2) is 0 Å². The van der Waals surface area contributed by atoms with E-state index in [9.17, 15) is 0 Å². The Hall–Kier alpha value is -0.470. The van der Waals surface area contributed by atoms with Crippen LogP contribution in [0.3, 0.4) is 0 Å². The highest BCUT2D eigenvalue weighted by atomic mass is 32.2. The summed E-state index contributed by atoms with van der Waals surface area (Å²) >= 11 is 1.81. The molecule has 2 rings (SSSR count). The molecule has 1 nitrogen and oxygen atoms in total. The van der Waals surface area contributed by atoms with Gasteiger partial charge in [-0.05, 0) is 49.3 Å². The highest BCUT2D eigenvalue weighted by molar-refractivity contribution is 7.98. The Bertz CT molecular complexity index is 329. The average Bonchev–Trinajstić information content (AvgIpc) is 3.19. The summed E-state index contributed by atoms with van der Waals surface area (Å²) in [5.41, 5.74) is 1.45. The lowest BCUT2D eigenvalue weighted by Gasteiger charge is -2.18. The van der Waals surface area contributed by atoms with Crippen LogP contribution in [0.5, 0.6) is 0 Å².